The summed E-state index contributed by atoms with van der Waals surface area (Å²) in [4.78, 5) is 62.0. The van der Waals surface area contributed by atoms with Gasteiger partial charge in [-0.15, -0.1) is 5.10 Å². The second-order valence-electron chi connectivity index (χ2n) is 9.98. The normalized spacial score (nSPS) is 22.6. The van der Waals surface area contributed by atoms with Crippen molar-refractivity contribution in [1.29, 1.82) is 0 Å². The number of imide groups is 1. The highest BCUT2D eigenvalue weighted by atomic mass is 19.4. The van der Waals surface area contributed by atoms with Gasteiger partial charge in [-0.2, -0.15) is 13.2 Å². The standard InChI is InChI=1S/C23H27N7O4.C2HF3O2/c1-3-15-11-28(9-13(2)24-15)23(34)18-12-30(27-26-18)16-5-4-14-10-29(22(33)17(14)8-16)19-6-7-20(31)25-21(19)32;3-2(4,5)1(6)7/h4-5,8,12-13,15,19,24H,3,6-7,9-11H2,1-2H3,(H,25,31,32);(H,6,7)/t13-,15+,19?;/m0./s1. The second-order valence-corrected chi connectivity index (χ2v) is 9.98. The molecule has 41 heavy (non-hydrogen) atoms. The van der Waals surface area contributed by atoms with E-state index in [9.17, 15) is 32.3 Å². The van der Waals surface area contributed by atoms with Gasteiger partial charge in [0, 0.05) is 43.7 Å². The fraction of sp³-hybridized carbons (Fsp3) is 0.480. The predicted molar refractivity (Wildman–Crippen MR) is 134 cm³/mol. The van der Waals surface area contributed by atoms with Gasteiger partial charge >= 0.3 is 12.1 Å². The Morgan fingerprint density at radius 3 is 2.51 bits per heavy atom. The molecule has 16 heteroatoms. The zero-order chi connectivity index (χ0) is 30.1. The number of piperidine rings is 1. The van der Waals surface area contributed by atoms with Crippen LogP contribution in [0, 0.1) is 0 Å². The lowest BCUT2D eigenvalue weighted by atomic mass is 10.0. The quantitative estimate of drug-likeness (QED) is 0.446. The lowest BCUT2D eigenvalue weighted by molar-refractivity contribution is -0.192. The molecule has 4 amide bonds. The predicted octanol–water partition coefficient (Wildman–Crippen LogP) is 0.874. The van der Waals surface area contributed by atoms with Gasteiger partial charge in [-0.05, 0) is 37.5 Å². The van der Waals surface area contributed by atoms with E-state index >= 15 is 0 Å². The zero-order valence-electron chi connectivity index (χ0n) is 22.1. The fourth-order valence-electron chi connectivity index (χ4n) is 4.93. The molecule has 0 spiro atoms. The van der Waals surface area contributed by atoms with E-state index in [0.29, 0.717) is 37.3 Å². The van der Waals surface area contributed by atoms with E-state index in [2.05, 4.69) is 34.8 Å². The monoisotopic (exact) mass is 579 g/mol. The molecule has 0 aliphatic carbocycles. The molecule has 5 rings (SSSR count). The zero-order valence-corrected chi connectivity index (χ0v) is 22.1. The van der Waals surface area contributed by atoms with Crippen molar-refractivity contribution in [2.45, 2.75) is 64.0 Å². The molecule has 2 fully saturated rings. The largest absolute Gasteiger partial charge is 0.490 e. The van der Waals surface area contributed by atoms with Gasteiger partial charge in [0.25, 0.3) is 11.8 Å². The summed E-state index contributed by atoms with van der Waals surface area (Å²) < 4.78 is 33.2. The average molecular weight is 580 g/mol. The van der Waals surface area contributed by atoms with Crippen molar-refractivity contribution in [2.24, 2.45) is 0 Å². The van der Waals surface area contributed by atoms with Crippen molar-refractivity contribution < 1.29 is 42.3 Å². The highest BCUT2D eigenvalue weighted by Crippen LogP contribution is 2.29. The van der Waals surface area contributed by atoms with E-state index in [1.807, 2.05) is 12.1 Å². The molecule has 13 nitrogen and oxygen atoms in total. The van der Waals surface area contributed by atoms with Crippen molar-refractivity contribution in [3.05, 3.63) is 41.2 Å². The van der Waals surface area contributed by atoms with Gasteiger partial charge in [-0.25, -0.2) is 9.48 Å². The number of nitrogens with zero attached hydrogens (tertiary/aromatic N) is 5. The van der Waals surface area contributed by atoms with Gasteiger partial charge in [0.15, 0.2) is 5.69 Å². The van der Waals surface area contributed by atoms with E-state index in [4.69, 9.17) is 9.90 Å². The number of rotatable bonds is 4. The lowest BCUT2D eigenvalue weighted by Gasteiger charge is -2.36. The Morgan fingerprint density at radius 1 is 1.17 bits per heavy atom. The number of amides is 4. The molecular weight excluding hydrogens is 551 g/mol. The molecule has 3 N–H and O–H groups in total. The summed E-state index contributed by atoms with van der Waals surface area (Å²) in [7, 11) is 0. The maximum Gasteiger partial charge on any atom is 0.490 e. The number of hydrogen-bond acceptors (Lipinski definition) is 8. The molecule has 3 aliphatic rings. The van der Waals surface area contributed by atoms with Crippen LogP contribution in [-0.4, -0.2) is 96.9 Å². The number of carboxylic acid groups (broad SMARTS) is 1. The van der Waals surface area contributed by atoms with Crippen LogP contribution in [-0.2, 0) is 20.9 Å². The van der Waals surface area contributed by atoms with Crippen LogP contribution in [0.2, 0.25) is 0 Å². The first-order valence-electron chi connectivity index (χ1n) is 12.8. The third kappa shape index (κ3) is 6.53. The van der Waals surface area contributed by atoms with Crippen molar-refractivity contribution in [3.63, 3.8) is 0 Å². The average Bonchev–Trinajstić information content (AvgIpc) is 3.53. The number of piperazine rings is 1. The van der Waals surface area contributed by atoms with Crippen LogP contribution in [0.1, 0.15) is 59.5 Å². The van der Waals surface area contributed by atoms with Gasteiger partial charge < -0.3 is 20.2 Å². The van der Waals surface area contributed by atoms with Gasteiger partial charge in [0.05, 0.1) is 11.9 Å². The van der Waals surface area contributed by atoms with E-state index in [1.165, 1.54) is 9.58 Å². The maximum atomic E-state index is 13.1. The Bertz CT molecular complexity index is 1380. The number of halogens is 3. The minimum absolute atomic E-state index is 0.167. The molecule has 1 unspecified atom stereocenters. The van der Waals surface area contributed by atoms with Crippen LogP contribution in [0.4, 0.5) is 13.2 Å². The molecule has 1 aromatic carbocycles. The number of benzene rings is 1. The molecule has 1 aromatic heterocycles. The number of carboxylic acids is 1. The summed E-state index contributed by atoms with van der Waals surface area (Å²) in [6.45, 7) is 5.67. The topological polar surface area (TPSA) is 167 Å². The summed E-state index contributed by atoms with van der Waals surface area (Å²) >= 11 is 0. The second kappa shape index (κ2) is 11.6. The fourth-order valence-corrected chi connectivity index (χ4v) is 4.93. The Hall–Kier alpha value is -4.34. The lowest BCUT2D eigenvalue weighted by Crippen LogP contribution is -2.56. The van der Waals surface area contributed by atoms with Crippen LogP contribution in [0.5, 0.6) is 0 Å². The smallest absolute Gasteiger partial charge is 0.475 e. The number of fused-ring (bicyclic) bond motifs is 1. The van der Waals surface area contributed by atoms with Crippen molar-refractivity contribution in [2.75, 3.05) is 13.1 Å². The molecular formula is C25H28F3N7O6. The summed E-state index contributed by atoms with van der Waals surface area (Å²) in [5, 5.41) is 21.1. The molecule has 0 saturated carbocycles. The minimum Gasteiger partial charge on any atom is -0.475 e. The third-order valence-corrected chi connectivity index (χ3v) is 6.97. The molecule has 0 radical (unpaired) electrons. The SMILES string of the molecule is CC[C@@H]1CN(C(=O)c2cn(-c3ccc4c(c3)C(=O)N(C3CCC(=O)NC3=O)C4)nn2)C[C@H](C)N1.O=C(O)C(F)(F)F. The van der Waals surface area contributed by atoms with Crippen molar-refractivity contribution >= 4 is 29.6 Å². The number of nitrogens with one attached hydrogen (secondary N) is 2. The van der Waals surface area contributed by atoms with Crippen LogP contribution in [0.15, 0.2) is 24.4 Å². The summed E-state index contributed by atoms with van der Waals surface area (Å²) in [5.74, 6) is -3.94. The first kappa shape index (κ1) is 29.6. The number of carbonyl (C=O) groups excluding carboxylic acids is 4. The first-order chi connectivity index (χ1) is 19.3. The van der Waals surface area contributed by atoms with Crippen LogP contribution < -0.4 is 10.6 Å². The number of alkyl halides is 3. The number of aliphatic carboxylic acids is 1. The molecule has 4 heterocycles. The Balaban J connectivity index is 0.000000493. The first-order valence-corrected chi connectivity index (χ1v) is 12.8. The Labute approximate surface area is 231 Å². The number of carbonyl (C=O) groups is 5. The summed E-state index contributed by atoms with van der Waals surface area (Å²) in [6.07, 6.45) is -2.05. The molecule has 3 atom stereocenters. The van der Waals surface area contributed by atoms with Gasteiger partial charge in [-0.3, -0.25) is 24.5 Å². The van der Waals surface area contributed by atoms with Crippen LogP contribution in [0.3, 0.4) is 0 Å². The number of hydrogen-bond donors (Lipinski definition) is 3. The van der Waals surface area contributed by atoms with Crippen LogP contribution >= 0.6 is 0 Å². The Kier molecular flexibility index (Phi) is 8.42. The molecule has 220 valence electrons. The van der Waals surface area contributed by atoms with E-state index < -0.39 is 24.1 Å². The number of aromatic nitrogens is 3. The van der Waals surface area contributed by atoms with E-state index in [-0.39, 0.29) is 41.9 Å². The van der Waals surface area contributed by atoms with Gasteiger partial charge in [0.2, 0.25) is 11.8 Å². The Morgan fingerprint density at radius 2 is 1.88 bits per heavy atom. The molecule has 0 bridgehead atoms. The maximum absolute atomic E-state index is 13.1. The van der Waals surface area contributed by atoms with E-state index in [0.717, 1.165) is 12.0 Å². The van der Waals surface area contributed by atoms with Crippen molar-refractivity contribution in [3.8, 4) is 5.69 Å². The van der Waals surface area contributed by atoms with Crippen molar-refractivity contribution in [1.82, 2.24) is 35.4 Å². The minimum atomic E-state index is -5.08. The van der Waals surface area contributed by atoms with Gasteiger partial charge in [-0.1, -0.05) is 18.2 Å². The highest BCUT2D eigenvalue weighted by molar-refractivity contribution is 6.05. The molecule has 3 aliphatic heterocycles. The summed E-state index contributed by atoms with van der Waals surface area (Å²) in [6, 6.07) is 5.12. The van der Waals surface area contributed by atoms with E-state index in [1.54, 1.807) is 17.2 Å². The highest BCUT2D eigenvalue weighted by Gasteiger charge is 2.40. The van der Waals surface area contributed by atoms with Crippen LogP contribution in [0.25, 0.3) is 5.69 Å². The third-order valence-electron chi connectivity index (χ3n) is 6.97. The molecule has 2 aromatic rings. The summed E-state index contributed by atoms with van der Waals surface area (Å²) in [5.41, 5.74) is 2.13. The molecule has 2 saturated heterocycles. The van der Waals surface area contributed by atoms with Gasteiger partial charge in [0.1, 0.15) is 6.04 Å².